The van der Waals surface area contributed by atoms with E-state index < -0.39 is 0 Å². The summed E-state index contributed by atoms with van der Waals surface area (Å²) in [4.78, 5) is 13.0. The molecule has 2 aliphatic heterocycles. The van der Waals surface area contributed by atoms with Crippen molar-refractivity contribution in [3.8, 4) is 11.3 Å². The van der Waals surface area contributed by atoms with Gasteiger partial charge in [-0.2, -0.15) is 0 Å². The van der Waals surface area contributed by atoms with Crippen molar-refractivity contribution in [3.63, 3.8) is 0 Å². The Morgan fingerprint density at radius 1 is 1.08 bits per heavy atom. The van der Waals surface area contributed by atoms with E-state index in [2.05, 4.69) is 10.5 Å². The first-order valence-corrected chi connectivity index (χ1v) is 9.30. The van der Waals surface area contributed by atoms with Crippen LogP contribution in [-0.4, -0.2) is 29.3 Å². The maximum Gasteiger partial charge on any atom is 0.344 e. The number of ether oxygens (including phenoxy) is 1. The van der Waals surface area contributed by atoms with Crippen molar-refractivity contribution < 1.29 is 14.1 Å². The fraction of sp³-hybridized carbons (Fsp3) is 0.500. The maximum absolute atomic E-state index is 13.0. The van der Waals surface area contributed by atoms with Crippen molar-refractivity contribution in [2.75, 3.05) is 0 Å². The third-order valence-electron chi connectivity index (χ3n) is 5.62. The molecule has 3 fully saturated rings. The van der Waals surface area contributed by atoms with Crippen molar-refractivity contribution in [3.05, 3.63) is 41.7 Å². The van der Waals surface area contributed by atoms with Gasteiger partial charge in [0.15, 0.2) is 5.76 Å². The van der Waals surface area contributed by atoms with Crippen LogP contribution in [-0.2, 0) is 4.74 Å². The van der Waals surface area contributed by atoms with Gasteiger partial charge in [-0.05, 0) is 38.5 Å². The van der Waals surface area contributed by atoms with Gasteiger partial charge in [0.05, 0.1) is 0 Å². The van der Waals surface area contributed by atoms with E-state index in [0.29, 0.717) is 35.0 Å². The Morgan fingerprint density at radius 2 is 1.80 bits per heavy atom. The molecule has 2 aromatic rings. The molecule has 0 spiro atoms. The van der Waals surface area contributed by atoms with Gasteiger partial charge in [0.2, 0.25) is 0 Å². The highest BCUT2D eigenvalue weighted by atomic mass is 16.5. The zero-order chi connectivity index (χ0) is 16.8. The Morgan fingerprint density at radius 3 is 2.48 bits per heavy atom. The molecule has 1 aromatic carbocycles. The van der Waals surface area contributed by atoms with Crippen molar-refractivity contribution in [1.29, 1.82) is 0 Å². The molecule has 130 valence electrons. The molecule has 1 aliphatic carbocycles. The van der Waals surface area contributed by atoms with E-state index in [1.54, 1.807) is 0 Å². The van der Waals surface area contributed by atoms with Crippen molar-refractivity contribution in [1.82, 2.24) is 10.5 Å². The van der Waals surface area contributed by atoms with Gasteiger partial charge >= 0.3 is 5.97 Å². The van der Waals surface area contributed by atoms with E-state index in [1.165, 1.54) is 12.8 Å². The van der Waals surface area contributed by atoms with Gasteiger partial charge < -0.3 is 14.6 Å². The van der Waals surface area contributed by atoms with E-state index in [4.69, 9.17) is 9.26 Å². The quantitative estimate of drug-likeness (QED) is 0.862. The first kappa shape index (κ1) is 15.1. The normalized spacial score (nSPS) is 28.1. The van der Waals surface area contributed by atoms with Crippen LogP contribution in [0.5, 0.6) is 0 Å². The lowest BCUT2D eigenvalue weighted by Gasteiger charge is -2.28. The van der Waals surface area contributed by atoms with E-state index in [-0.39, 0.29) is 12.1 Å². The molecule has 5 nitrogen and oxygen atoms in total. The lowest BCUT2D eigenvalue weighted by atomic mass is 10.0. The maximum atomic E-state index is 13.0. The van der Waals surface area contributed by atoms with E-state index in [9.17, 15) is 4.79 Å². The predicted molar refractivity (Wildman–Crippen MR) is 92.3 cm³/mol. The number of esters is 1. The van der Waals surface area contributed by atoms with E-state index in [1.807, 2.05) is 30.3 Å². The van der Waals surface area contributed by atoms with Crippen LogP contribution in [0.1, 0.15) is 60.6 Å². The molecule has 3 aliphatic rings. The van der Waals surface area contributed by atoms with Crippen LogP contribution in [0.3, 0.4) is 0 Å². The molecule has 3 heterocycles. The highest BCUT2D eigenvalue weighted by Crippen LogP contribution is 2.44. The largest absolute Gasteiger partial charge is 0.459 e. The van der Waals surface area contributed by atoms with Gasteiger partial charge in [0.1, 0.15) is 17.4 Å². The molecular weight excluding hydrogens is 316 g/mol. The number of nitrogens with zero attached hydrogens (tertiary/aromatic N) is 1. The number of rotatable bonds is 4. The van der Waals surface area contributed by atoms with Crippen LogP contribution < -0.4 is 5.32 Å². The second-order valence-corrected chi connectivity index (χ2v) is 7.55. The Kier molecular flexibility index (Phi) is 3.63. The molecule has 25 heavy (non-hydrogen) atoms. The van der Waals surface area contributed by atoms with Crippen LogP contribution in [0, 0.1) is 0 Å². The lowest BCUT2D eigenvalue weighted by Crippen LogP contribution is -2.42. The second kappa shape index (κ2) is 5.99. The van der Waals surface area contributed by atoms with Crippen LogP contribution >= 0.6 is 0 Å². The minimum atomic E-state index is -0.270. The smallest absolute Gasteiger partial charge is 0.344 e. The van der Waals surface area contributed by atoms with Gasteiger partial charge in [-0.15, -0.1) is 0 Å². The number of nitrogens with one attached hydrogen (secondary N) is 1. The molecule has 1 aromatic heterocycles. The average Bonchev–Trinajstić information content (AvgIpc) is 3.29. The summed E-state index contributed by atoms with van der Waals surface area (Å²) in [6.07, 6.45) is 6.31. The Bertz CT molecular complexity index is 769. The molecule has 3 atom stereocenters. The topological polar surface area (TPSA) is 64.4 Å². The first-order chi connectivity index (χ1) is 12.3. The molecule has 2 saturated heterocycles. The van der Waals surface area contributed by atoms with Gasteiger partial charge in [-0.3, -0.25) is 0 Å². The Balaban J connectivity index is 1.43. The lowest BCUT2D eigenvalue weighted by molar-refractivity contribution is 0.0175. The summed E-state index contributed by atoms with van der Waals surface area (Å²) in [5.41, 5.74) is 2.06. The number of hydrogen-bond acceptors (Lipinski definition) is 5. The van der Waals surface area contributed by atoms with Crippen LogP contribution in [0.25, 0.3) is 11.3 Å². The number of benzene rings is 1. The monoisotopic (exact) mass is 338 g/mol. The van der Waals surface area contributed by atoms with Crippen molar-refractivity contribution in [2.24, 2.45) is 0 Å². The number of carbonyl (C=O) groups excluding carboxylic acids is 1. The molecule has 0 amide bonds. The summed E-state index contributed by atoms with van der Waals surface area (Å²) >= 11 is 0. The summed E-state index contributed by atoms with van der Waals surface area (Å²) in [5, 5.41) is 7.80. The molecule has 5 heteroatoms. The average molecular weight is 338 g/mol. The van der Waals surface area contributed by atoms with Gasteiger partial charge in [0.25, 0.3) is 0 Å². The van der Waals surface area contributed by atoms with Gasteiger partial charge in [-0.1, -0.05) is 35.5 Å². The molecular formula is C20H22N2O3. The third kappa shape index (κ3) is 2.86. The van der Waals surface area contributed by atoms with E-state index in [0.717, 1.165) is 31.2 Å². The minimum absolute atomic E-state index is 0.00294. The van der Waals surface area contributed by atoms with Gasteiger partial charge in [-0.25, -0.2) is 4.79 Å². The molecule has 2 bridgehead atoms. The van der Waals surface area contributed by atoms with Gasteiger partial charge in [0, 0.05) is 23.6 Å². The highest BCUT2D eigenvalue weighted by Gasteiger charge is 2.39. The first-order valence-electron chi connectivity index (χ1n) is 9.30. The summed E-state index contributed by atoms with van der Waals surface area (Å²) in [6, 6.07) is 10.7. The Labute approximate surface area is 146 Å². The van der Waals surface area contributed by atoms with Crippen molar-refractivity contribution >= 4 is 5.97 Å². The number of hydrogen-bond donors (Lipinski definition) is 1. The zero-order valence-electron chi connectivity index (χ0n) is 14.1. The summed E-state index contributed by atoms with van der Waals surface area (Å²) in [6.45, 7) is 0. The molecule has 1 unspecified atom stereocenters. The highest BCUT2D eigenvalue weighted by molar-refractivity contribution is 5.97. The standard InChI is InChI=1S/C20H22N2O3/c23-20(24-16-10-14-8-9-15(11-16)21-14)17-18(12-4-2-1-3-5-12)22-25-19(17)13-6-7-13/h1-5,13-16,21H,6-11H2/t14-,15+,16?. The number of carbonyl (C=O) groups is 1. The van der Waals surface area contributed by atoms with Crippen molar-refractivity contribution in [2.45, 2.75) is 62.6 Å². The fourth-order valence-corrected chi connectivity index (χ4v) is 4.23. The van der Waals surface area contributed by atoms with Crippen LogP contribution in [0.4, 0.5) is 0 Å². The number of fused-ring (bicyclic) bond motifs is 2. The minimum Gasteiger partial charge on any atom is -0.459 e. The molecule has 1 N–H and O–H groups in total. The molecule has 5 rings (SSSR count). The fourth-order valence-electron chi connectivity index (χ4n) is 4.23. The summed E-state index contributed by atoms with van der Waals surface area (Å²) in [5.74, 6) is 0.755. The summed E-state index contributed by atoms with van der Waals surface area (Å²) < 4.78 is 11.5. The second-order valence-electron chi connectivity index (χ2n) is 7.55. The summed E-state index contributed by atoms with van der Waals surface area (Å²) in [7, 11) is 0. The third-order valence-corrected chi connectivity index (χ3v) is 5.62. The predicted octanol–water partition coefficient (Wildman–Crippen LogP) is 3.66. The number of piperidine rings is 1. The Hall–Kier alpha value is -2.14. The number of aromatic nitrogens is 1. The van der Waals surface area contributed by atoms with Crippen LogP contribution in [0.2, 0.25) is 0 Å². The zero-order valence-corrected chi connectivity index (χ0v) is 14.1. The molecule has 0 radical (unpaired) electrons. The van der Waals surface area contributed by atoms with E-state index >= 15 is 0 Å². The SMILES string of the molecule is O=C(OC1C[C@H]2CC[C@@H](C1)N2)c1c(-c2ccccc2)noc1C1CC1. The molecule has 1 saturated carbocycles. The van der Waals surface area contributed by atoms with Crippen LogP contribution in [0.15, 0.2) is 34.9 Å².